The molecule has 0 saturated heterocycles. The molecule has 1 heterocycles. The van der Waals surface area contributed by atoms with Gasteiger partial charge in [-0.1, -0.05) is 37.3 Å². The Hall–Kier alpha value is -2.03. The van der Waals surface area contributed by atoms with Crippen molar-refractivity contribution >= 4 is 5.91 Å². The number of carbonyl (C=O) groups is 1. The summed E-state index contributed by atoms with van der Waals surface area (Å²) < 4.78 is 5.50. The van der Waals surface area contributed by atoms with Gasteiger partial charge in [-0.05, 0) is 38.8 Å². The summed E-state index contributed by atoms with van der Waals surface area (Å²) in [4.78, 5) is 14.8. The Kier molecular flexibility index (Phi) is 4.84. The molecule has 2 rings (SSSR count). The molecule has 3 heteroatoms. The summed E-state index contributed by atoms with van der Waals surface area (Å²) in [5.74, 6) is 1.51. The van der Waals surface area contributed by atoms with Gasteiger partial charge in [0.15, 0.2) is 0 Å². The first-order valence-electron chi connectivity index (χ1n) is 7.44. The van der Waals surface area contributed by atoms with Crippen LogP contribution in [-0.4, -0.2) is 16.8 Å². The van der Waals surface area contributed by atoms with Crippen LogP contribution in [0.15, 0.2) is 40.8 Å². The van der Waals surface area contributed by atoms with Crippen molar-refractivity contribution in [1.29, 1.82) is 0 Å². The zero-order valence-electron chi connectivity index (χ0n) is 13.2. The van der Waals surface area contributed by atoms with Crippen LogP contribution in [0.3, 0.4) is 0 Å². The average Bonchev–Trinajstić information content (AvgIpc) is 2.83. The lowest BCUT2D eigenvalue weighted by atomic mass is 10.1. The summed E-state index contributed by atoms with van der Waals surface area (Å²) in [5, 5.41) is 0. The predicted octanol–water partition coefficient (Wildman–Crippen LogP) is 4.34. The highest BCUT2D eigenvalue weighted by Crippen LogP contribution is 2.20. The van der Waals surface area contributed by atoms with Crippen molar-refractivity contribution in [3.05, 3.63) is 59.0 Å². The van der Waals surface area contributed by atoms with Crippen molar-refractivity contribution in [2.75, 3.05) is 0 Å². The molecule has 0 spiro atoms. The quantitative estimate of drug-likeness (QED) is 0.819. The monoisotopic (exact) mass is 285 g/mol. The van der Waals surface area contributed by atoms with E-state index in [0.717, 1.165) is 17.7 Å². The Morgan fingerprint density at radius 3 is 2.43 bits per heavy atom. The topological polar surface area (TPSA) is 33.5 Å². The maximum atomic E-state index is 12.8. The first kappa shape index (κ1) is 15.4. The van der Waals surface area contributed by atoms with Gasteiger partial charge in [0.2, 0.25) is 0 Å². The van der Waals surface area contributed by atoms with Crippen LogP contribution >= 0.6 is 0 Å². The molecule has 3 nitrogen and oxygen atoms in total. The van der Waals surface area contributed by atoms with E-state index in [9.17, 15) is 4.79 Å². The number of aryl methyl sites for hydroxylation is 2. The Morgan fingerprint density at radius 1 is 1.24 bits per heavy atom. The molecular formula is C18H23NO2. The van der Waals surface area contributed by atoms with Crippen LogP contribution in [0, 0.1) is 13.8 Å². The van der Waals surface area contributed by atoms with E-state index in [1.807, 2.05) is 43.0 Å². The number of benzene rings is 1. The van der Waals surface area contributed by atoms with Gasteiger partial charge in [0.1, 0.15) is 11.5 Å². The molecule has 0 N–H and O–H groups in total. The van der Waals surface area contributed by atoms with Crippen LogP contribution in [0.5, 0.6) is 0 Å². The van der Waals surface area contributed by atoms with E-state index in [4.69, 9.17) is 4.42 Å². The highest BCUT2D eigenvalue weighted by molar-refractivity contribution is 5.95. The maximum absolute atomic E-state index is 12.8. The van der Waals surface area contributed by atoms with E-state index in [0.29, 0.717) is 17.9 Å². The van der Waals surface area contributed by atoms with E-state index in [1.54, 1.807) is 0 Å². The first-order chi connectivity index (χ1) is 10.0. The third-order valence-electron chi connectivity index (χ3n) is 3.85. The Bertz CT molecular complexity index is 601. The van der Waals surface area contributed by atoms with Gasteiger partial charge in [0.05, 0.1) is 5.56 Å². The summed E-state index contributed by atoms with van der Waals surface area (Å²) >= 11 is 0. The summed E-state index contributed by atoms with van der Waals surface area (Å²) in [7, 11) is 0. The zero-order chi connectivity index (χ0) is 15.4. The maximum Gasteiger partial charge on any atom is 0.257 e. The van der Waals surface area contributed by atoms with E-state index in [2.05, 4.69) is 26.0 Å². The first-order valence-corrected chi connectivity index (χ1v) is 7.44. The van der Waals surface area contributed by atoms with Crippen molar-refractivity contribution in [3.8, 4) is 0 Å². The standard InChI is InChI=1S/C18H23NO2/c1-5-13(2)19(12-16-9-7-6-8-10-16)18(20)17-11-14(3)21-15(17)4/h6-11,13H,5,12H2,1-4H3. The van der Waals surface area contributed by atoms with E-state index >= 15 is 0 Å². The van der Waals surface area contributed by atoms with Crippen LogP contribution < -0.4 is 0 Å². The minimum atomic E-state index is 0.0440. The molecule has 0 saturated carbocycles. The highest BCUT2D eigenvalue weighted by Gasteiger charge is 2.24. The van der Waals surface area contributed by atoms with Crippen LogP contribution in [0.1, 0.15) is 47.7 Å². The van der Waals surface area contributed by atoms with Crippen LogP contribution in [-0.2, 0) is 6.54 Å². The molecule has 1 aromatic carbocycles. The lowest BCUT2D eigenvalue weighted by molar-refractivity contribution is 0.0670. The summed E-state index contributed by atoms with van der Waals surface area (Å²) in [6, 6.07) is 12.1. The Morgan fingerprint density at radius 2 is 1.90 bits per heavy atom. The molecule has 0 bridgehead atoms. The average molecular weight is 285 g/mol. The van der Waals surface area contributed by atoms with Gasteiger partial charge in [0.25, 0.3) is 5.91 Å². The minimum absolute atomic E-state index is 0.0440. The van der Waals surface area contributed by atoms with Gasteiger partial charge in [0, 0.05) is 12.6 Å². The number of rotatable bonds is 5. The van der Waals surface area contributed by atoms with Crippen LogP contribution in [0.4, 0.5) is 0 Å². The molecule has 0 aliphatic rings. The molecule has 2 aromatic rings. The summed E-state index contributed by atoms with van der Waals surface area (Å²) in [5.41, 5.74) is 1.81. The van der Waals surface area contributed by atoms with E-state index < -0.39 is 0 Å². The minimum Gasteiger partial charge on any atom is -0.466 e. The molecule has 0 fully saturated rings. The zero-order valence-corrected chi connectivity index (χ0v) is 13.2. The second-order valence-corrected chi connectivity index (χ2v) is 5.50. The number of nitrogens with zero attached hydrogens (tertiary/aromatic N) is 1. The van der Waals surface area contributed by atoms with Crippen LogP contribution in [0.25, 0.3) is 0 Å². The SMILES string of the molecule is CCC(C)N(Cc1ccccc1)C(=O)c1cc(C)oc1C. The van der Waals surface area contributed by atoms with E-state index in [-0.39, 0.29) is 11.9 Å². The van der Waals surface area contributed by atoms with E-state index in [1.165, 1.54) is 0 Å². The molecule has 1 aromatic heterocycles. The van der Waals surface area contributed by atoms with Gasteiger partial charge in [-0.25, -0.2) is 0 Å². The van der Waals surface area contributed by atoms with Gasteiger partial charge in [-0.15, -0.1) is 0 Å². The molecule has 0 aliphatic heterocycles. The smallest absolute Gasteiger partial charge is 0.257 e. The number of furan rings is 1. The third-order valence-corrected chi connectivity index (χ3v) is 3.85. The second kappa shape index (κ2) is 6.61. The van der Waals surface area contributed by atoms with Crippen molar-refractivity contribution < 1.29 is 9.21 Å². The summed E-state index contributed by atoms with van der Waals surface area (Å²) in [6.45, 7) is 8.52. The van der Waals surface area contributed by atoms with Crippen molar-refractivity contribution in [2.24, 2.45) is 0 Å². The van der Waals surface area contributed by atoms with Gasteiger partial charge in [-0.3, -0.25) is 4.79 Å². The van der Waals surface area contributed by atoms with Gasteiger partial charge < -0.3 is 9.32 Å². The molecule has 1 atom stereocenters. The largest absolute Gasteiger partial charge is 0.466 e. The number of hydrogen-bond donors (Lipinski definition) is 0. The van der Waals surface area contributed by atoms with Crippen molar-refractivity contribution in [2.45, 2.75) is 46.7 Å². The fourth-order valence-electron chi connectivity index (χ4n) is 2.43. The fourth-order valence-corrected chi connectivity index (χ4v) is 2.43. The fraction of sp³-hybridized carbons (Fsp3) is 0.389. The molecule has 0 aliphatic carbocycles. The third kappa shape index (κ3) is 3.54. The normalized spacial score (nSPS) is 12.2. The Balaban J connectivity index is 2.28. The molecule has 21 heavy (non-hydrogen) atoms. The highest BCUT2D eigenvalue weighted by atomic mass is 16.3. The number of hydrogen-bond acceptors (Lipinski definition) is 2. The summed E-state index contributed by atoms with van der Waals surface area (Å²) in [6.07, 6.45) is 0.925. The molecule has 112 valence electrons. The lowest BCUT2D eigenvalue weighted by Gasteiger charge is -2.28. The van der Waals surface area contributed by atoms with Gasteiger partial charge >= 0.3 is 0 Å². The molecule has 0 radical (unpaired) electrons. The molecule has 1 amide bonds. The van der Waals surface area contributed by atoms with Crippen molar-refractivity contribution in [1.82, 2.24) is 4.90 Å². The van der Waals surface area contributed by atoms with Crippen LogP contribution in [0.2, 0.25) is 0 Å². The number of amides is 1. The second-order valence-electron chi connectivity index (χ2n) is 5.50. The lowest BCUT2D eigenvalue weighted by Crippen LogP contribution is -2.37. The Labute approximate surface area is 126 Å². The molecular weight excluding hydrogens is 262 g/mol. The van der Waals surface area contributed by atoms with Crippen molar-refractivity contribution in [3.63, 3.8) is 0 Å². The predicted molar refractivity (Wildman–Crippen MR) is 84.3 cm³/mol. The number of carbonyl (C=O) groups excluding carboxylic acids is 1. The van der Waals surface area contributed by atoms with Gasteiger partial charge in [-0.2, -0.15) is 0 Å². The molecule has 1 unspecified atom stereocenters.